The van der Waals surface area contributed by atoms with Gasteiger partial charge in [0.25, 0.3) is 6.43 Å². The number of hydrogen-bond donors (Lipinski definition) is 0. The van der Waals surface area contributed by atoms with Gasteiger partial charge in [-0.15, -0.1) is 0 Å². The molecule has 6 heteroatoms. The van der Waals surface area contributed by atoms with Crippen LogP contribution in [0.15, 0.2) is 10.7 Å². The van der Waals surface area contributed by atoms with Crippen molar-refractivity contribution < 1.29 is 18.3 Å². The van der Waals surface area contributed by atoms with Gasteiger partial charge in [-0.05, 0) is 15.9 Å². The Hall–Kier alpha value is -1.04. The Bertz CT molecular complexity index is 357. The third-order valence-corrected chi connectivity index (χ3v) is 2.47. The van der Waals surface area contributed by atoms with Crippen LogP contribution in [0.2, 0.25) is 0 Å². The van der Waals surface area contributed by atoms with Crippen molar-refractivity contribution in [3.05, 3.63) is 21.8 Å². The van der Waals surface area contributed by atoms with Gasteiger partial charge in [0.15, 0.2) is 6.29 Å². The zero-order valence-electron chi connectivity index (χ0n) is 7.13. The molecule has 1 heterocycles. The molecular weight excluding hydrogens is 260 g/mol. The van der Waals surface area contributed by atoms with Gasteiger partial charge in [0.2, 0.25) is 5.88 Å². The van der Waals surface area contributed by atoms with E-state index < -0.39 is 6.43 Å². The summed E-state index contributed by atoms with van der Waals surface area (Å²) in [7, 11) is 1.31. The molecule has 0 spiro atoms. The lowest BCUT2D eigenvalue weighted by Gasteiger charge is -2.08. The Balaban J connectivity index is 3.34. The number of hydrogen-bond acceptors (Lipinski definition) is 3. The van der Waals surface area contributed by atoms with Crippen molar-refractivity contribution in [1.82, 2.24) is 4.98 Å². The Labute approximate surface area is 87.2 Å². The van der Waals surface area contributed by atoms with Crippen LogP contribution >= 0.6 is 15.9 Å². The molecule has 76 valence electrons. The molecule has 0 radical (unpaired) electrons. The Morgan fingerprint density at radius 1 is 1.64 bits per heavy atom. The Kier molecular flexibility index (Phi) is 3.51. The second-order valence-electron chi connectivity index (χ2n) is 2.37. The fourth-order valence-corrected chi connectivity index (χ4v) is 1.46. The predicted molar refractivity (Wildman–Crippen MR) is 48.8 cm³/mol. The average molecular weight is 266 g/mol. The van der Waals surface area contributed by atoms with E-state index in [9.17, 15) is 13.6 Å². The minimum atomic E-state index is -2.68. The SMILES string of the molecule is COc1ncc(C(F)F)c(Br)c1C=O. The first-order valence-electron chi connectivity index (χ1n) is 3.57. The summed E-state index contributed by atoms with van der Waals surface area (Å²) in [5.41, 5.74) is -0.335. The minimum Gasteiger partial charge on any atom is -0.480 e. The van der Waals surface area contributed by atoms with Crippen LogP contribution in [0.5, 0.6) is 5.88 Å². The number of halogens is 3. The highest BCUT2D eigenvalue weighted by Crippen LogP contribution is 2.32. The molecule has 0 aliphatic carbocycles. The molecule has 14 heavy (non-hydrogen) atoms. The van der Waals surface area contributed by atoms with Crippen molar-refractivity contribution in [2.24, 2.45) is 0 Å². The topological polar surface area (TPSA) is 39.2 Å². The van der Waals surface area contributed by atoms with E-state index in [2.05, 4.69) is 20.9 Å². The fraction of sp³-hybridized carbons (Fsp3) is 0.250. The summed E-state index contributed by atoms with van der Waals surface area (Å²) >= 11 is 2.90. The number of carbonyl (C=O) groups excluding carboxylic acids is 1. The highest BCUT2D eigenvalue weighted by atomic mass is 79.9. The number of carbonyl (C=O) groups is 1. The van der Waals surface area contributed by atoms with Crippen LogP contribution < -0.4 is 4.74 Å². The summed E-state index contributed by atoms with van der Waals surface area (Å²) < 4.78 is 29.5. The van der Waals surface area contributed by atoms with Gasteiger partial charge < -0.3 is 4.74 Å². The monoisotopic (exact) mass is 265 g/mol. The van der Waals surface area contributed by atoms with E-state index in [0.717, 1.165) is 6.20 Å². The molecule has 0 saturated heterocycles. The second kappa shape index (κ2) is 4.45. The summed E-state index contributed by atoms with van der Waals surface area (Å²) in [6.45, 7) is 0. The molecule has 0 fully saturated rings. The van der Waals surface area contributed by atoms with E-state index in [0.29, 0.717) is 6.29 Å². The molecule has 1 rings (SSSR count). The van der Waals surface area contributed by atoms with Crippen molar-refractivity contribution in [2.75, 3.05) is 7.11 Å². The quantitative estimate of drug-likeness (QED) is 0.789. The Morgan fingerprint density at radius 3 is 2.71 bits per heavy atom. The smallest absolute Gasteiger partial charge is 0.266 e. The van der Waals surface area contributed by atoms with Gasteiger partial charge in [0.1, 0.15) is 0 Å². The highest BCUT2D eigenvalue weighted by molar-refractivity contribution is 9.10. The largest absolute Gasteiger partial charge is 0.480 e. The normalized spacial score (nSPS) is 10.4. The molecule has 1 aromatic heterocycles. The molecule has 1 aromatic rings. The van der Waals surface area contributed by atoms with E-state index in [1.165, 1.54) is 7.11 Å². The van der Waals surface area contributed by atoms with Gasteiger partial charge in [0, 0.05) is 10.7 Å². The maximum atomic E-state index is 12.4. The molecule has 0 unspecified atom stereocenters. The summed E-state index contributed by atoms with van der Waals surface area (Å²) in [6.07, 6.45) is -1.29. The van der Waals surface area contributed by atoms with E-state index in [4.69, 9.17) is 4.74 Å². The number of rotatable bonds is 3. The minimum absolute atomic E-state index is 0.00898. The molecule has 0 saturated carbocycles. The van der Waals surface area contributed by atoms with Crippen LogP contribution in [0.4, 0.5) is 8.78 Å². The standard InChI is InChI=1S/C8H6BrF2NO2/c1-14-8-5(3-13)6(9)4(2-12-8)7(10)11/h2-3,7H,1H3. The molecule has 0 aliphatic heterocycles. The fourth-order valence-electron chi connectivity index (χ4n) is 0.921. The van der Waals surface area contributed by atoms with Crippen molar-refractivity contribution in [1.29, 1.82) is 0 Å². The first-order valence-corrected chi connectivity index (χ1v) is 4.36. The maximum absolute atomic E-state index is 12.4. The van der Waals surface area contributed by atoms with Gasteiger partial charge in [-0.1, -0.05) is 0 Å². The second-order valence-corrected chi connectivity index (χ2v) is 3.16. The van der Waals surface area contributed by atoms with Gasteiger partial charge >= 0.3 is 0 Å². The first-order chi connectivity index (χ1) is 6.61. The number of aldehydes is 1. The number of methoxy groups -OCH3 is 1. The van der Waals surface area contributed by atoms with Crippen LogP contribution in [0, 0.1) is 0 Å². The maximum Gasteiger partial charge on any atom is 0.266 e. The number of aromatic nitrogens is 1. The molecule has 0 amide bonds. The molecule has 0 aliphatic rings. The lowest BCUT2D eigenvalue weighted by atomic mass is 10.2. The van der Waals surface area contributed by atoms with Crippen molar-refractivity contribution in [3.63, 3.8) is 0 Å². The van der Waals surface area contributed by atoms with Crippen LogP contribution in [-0.2, 0) is 0 Å². The molecule has 0 bridgehead atoms. The van der Waals surface area contributed by atoms with Gasteiger partial charge in [-0.2, -0.15) is 0 Å². The van der Waals surface area contributed by atoms with Gasteiger partial charge in [0.05, 0.1) is 18.2 Å². The van der Waals surface area contributed by atoms with E-state index in [1.807, 2.05) is 0 Å². The van der Waals surface area contributed by atoms with Crippen LogP contribution in [-0.4, -0.2) is 18.4 Å². The first kappa shape index (κ1) is 11.0. The Morgan fingerprint density at radius 2 is 2.29 bits per heavy atom. The molecule has 3 nitrogen and oxygen atoms in total. The highest BCUT2D eigenvalue weighted by Gasteiger charge is 2.18. The molecule has 0 N–H and O–H groups in total. The summed E-state index contributed by atoms with van der Waals surface area (Å²) in [4.78, 5) is 14.2. The number of nitrogens with zero attached hydrogens (tertiary/aromatic N) is 1. The van der Waals surface area contributed by atoms with Crippen molar-refractivity contribution in [3.8, 4) is 5.88 Å². The third kappa shape index (κ3) is 1.89. The zero-order valence-corrected chi connectivity index (χ0v) is 8.72. The molecular formula is C8H6BrF2NO2. The van der Waals surface area contributed by atoms with Crippen LogP contribution in [0.25, 0.3) is 0 Å². The summed E-state index contributed by atoms with van der Waals surface area (Å²) in [5.74, 6) is 0.0243. The summed E-state index contributed by atoms with van der Waals surface area (Å²) in [6, 6.07) is 0. The average Bonchev–Trinajstić information content (AvgIpc) is 2.16. The van der Waals surface area contributed by atoms with Crippen LogP contribution in [0.1, 0.15) is 22.3 Å². The van der Waals surface area contributed by atoms with Gasteiger partial charge in [-0.25, -0.2) is 13.8 Å². The van der Waals surface area contributed by atoms with E-state index in [1.54, 1.807) is 0 Å². The number of pyridine rings is 1. The lowest BCUT2D eigenvalue weighted by molar-refractivity contribution is 0.111. The van der Waals surface area contributed by atoms with Crippen molar-refractivity contribution >= 4 is 22.2 Å². The molecule has 0 aromatic carbocycles. The zero-order chi connectivity index (χ0) is 10.7. The number of alkyl halides is 2. The van der Waals surface area contributed by atoms with Gasteiger partial charge in [-0.3, -0.25) is 4.79 Å². The third-order valence-electron chi connectivity index (χ3n) is 1.59. The molecule has 0 atom stereocenters. The summed E-state index contributed by atoms with van der Waals surface area (Å²) in [5, 5.41) is 0. The number of ether oxygens (including phenoxy) is 1. The van der Waals surface area contributed by atoms with E-state index >= 15 is 0 Å². The predicted octanol–water partition coefficient (Wildman–Crippen LogP) is 2.60. The van der Waals surface area contributed by atoms with Crippen molar-refractivity contribution in [2.45, 2.75) is 6.43 Å². The lowest BCUT2D eigenvalue weighted by Crippen LogP contribution is -1.99. The van der Waals surface area contributed by atoms with Crippen LogP contribution in [0.3, 0.4) is 0 Å². The van der Waals surface area contributed by atoms with E-state index in [-0.39, 0.29) is 21.5 Å².